The molecule has 0 aliphatic carbocycles. The second-order valence-corrected chi connectivity index (χ2v) is 4.07. The predicted octanol–water partition coefficient (Wildman–Crippen LogP) is 1.71. The maximum atomic E-state index is 10.7. The number of hydrogen-bond donors (Lipinski definition) is 2. The van der Waals surface area contributed by atoms with Gasteiger partial charge in [0.05, 0.1) is 17.6 Å². The molecular weight excluding hydrogens is 236 g/mol. The number of methoxy groups -OCH3 is 1. The first-order chi connectivity index (χ1) is 8.58. The highest BCUT2D eigenvalue weighted by Crippen LogP contribution is 2.22. The van der Waals surface area contributed by atoms with E-state index < -0.39 is 4.92 Å². The Balaban J connectivity index is 2.77. The van der Waals surface area contributed by atoms with Crippen LogP contribution in [0.1, 0.15) is 12.0 Å². The fourth-order valence-corrected chi connectivity index (χ4v) is 1.74. The summed E-state index contributed by atoms with van der Waals surface area (Å²) >= 11 is 0. The molecular formula is C12H18N2O4. The van der Waals surface area contributed by atoms with Crippen molar-refractivity contribution in [2.45, 2.75) is 19.4 Å². The van der Waals surface area contributed by atoms with E-state index in [1.807, 2.05) is 0 Å². The zero-order valence-corrected chi connectivity index (χ0v) is 10.5. The van der Waals surface area contributed by atoms with E-state index in [9.17, 15) is 10.1 Å². The molecule has 0 bridgehead atoms. The summed E-state index contributed by atoms with van der Waals surface area (Å²) in [7, 11) is 1.59. The van der Waals surface area contributed by atoms with Crippen molar-refractivity contribution < 1.29 is 14.8 Å². The second kappa shape index (κ2) is 6.93. The maximum absolute atomic E-state index is 10.7. The van der Waals surface area contributed by atoms with Crippen LogP contribution in [0, 0.1) is 17.0 Å². The lowest BCUT2D eigenvalue weighted by atomic mass is 10.1. The first-order valence-electron chi connectivity index (χ1n) is 5.70. The standard InChI is InChI=1S/C12H18N2O4/c1-9-7-10(3-4-12(9)14(16)17)13-11(5-6-15)8-18-2/h3-4,7,11,13,15H,5-6,8H2,1-2H3. The molecule has 0 heterocycles. The number of rotatable bonds is 7. The molecule has 0 radical (unpaired) electrons. The average Bonchev–Trinajstić information content (AvgIpc) is 2.29. The van der Waals surface area contributed by atoms with Crippen LogP contribution in [0.15, 0.2) is 18.2 Å². The molecule has 6 heteroatoms. The Hall–Kier alpha value is -1.66. The molecule has 0 aliphatic rings. The number of benzene rings is 1. The van der Waals surface area contributed by atoms with Crippen molar-refractivity contribution in [3.05, 3.63) is 33.9 Å². The Labute approximate surface area is 106 Å². The smallest absolute Gasteiger partial charge is 0.272 e. The summed E-state index contributed by atoms with van der Waals surface area (Å²) in [6, 6.07) is 4.84. The Morgan fingerprint density at radius 3 is 2.78 bits per heavy atom. The molecule has 1 unspecified atom stereocenters. The summed E-state index contributed by atoms with van der Waals surface area (Å²) in [5.41, 5.74) is 1.49. The topological polar surface area (TPSA) is 84.6 Å². The van der Waals surface area contributed by atoms with Gasteiger partial charge in [-0.15, -0.1) is 0 Å². The molecule has 2 N–H and O–H groups in total. The Bertz CT molecular complexity index is 403. The van der Waals surface area contributed by atoms with E-state index in [1.54, 1.807) is 26.2 Å². The van der Waals surface area contributed by atoms with Crippen LogP contribution in [0.2, 0.25) is 0 Å². The van der Waals surface area contributed by atoms with Crippen LogP contribution in [0.3, 0.4) is 0 Å². The van der Waals surface area contributed by atoms with Crippen LogP contribution in [0.4, 0.5) is 11.4 Å². The van der Waals surface area contributed by atoms with Gasteiger partial charge in [-0.25, -0.2) is 0 Å². The van der Waals surface area contributed by atoms with E-state index >= 15 is 0 Å². The number of ether oxygens (including phenoxy) is 1. The number of hydrogen-bond acceptors (Lipinski definition) is 5. The summed E-state index contributed by atoms with van der Waals surface area (Å²) in [5, 5.41) is 22.8. The third-order valence-electron chi connectivity index (χ3n) is 2.61. The van der Waals surface area contributed by atoms with Gasteiger partial charge in [-0.3, -0.25) is 10.1 Å². The highest BCUT2D eigenvalue weighted by molar-refractivity contribution is 5.54. The zero-order chi connectivity index (χ0) is 13.5. The fraction of sp³-hybridized carbons (Fsp3) is 0.500. The highest BCUT2D eigenvalue weighted by atomic mass is 16.6. The Kier molecular flexibility index (Phi) is 5.54. The molecule has 18 heavy (non-hydrogen) atoms. The highest BCUT2D eigenvalue weighted by Gasteiger charge is 2.12. The number of nitrogens with one attached hydrogen (secondary N) is 1. The number of nitro benzene ring substituents is 1. The van der Waals surface area contributed by atoms with Crippen LogP contribution in [-0.2, 0) is 4.74 Å². The minimum Gasteiger partial charge on any atom is -0.396 e. The second-order valence-electron chi connectivity index (χ2n) is 4.07. The quantitative estimate of drug-likeness (QED) is 0.571. The monoisotopic (exact) mass is 254 g/mol. The number of nitro groups is 1. The van der Waals surface area contributed by atoms with Crippen molar-refractivity contribution in [2.75, 3.05) is 25.6 Å². The first-order valence-corrected chi connectivity index (χ1v) is 5.70. The van der Waals surface area contributed by atoms with E-state index in [1.165, 1.54) is 6.07 Å². The molecule has 0 amide bonds. The van der Waals surface area contributed by atoms with Crippen LogP contribution in [0.25, 0.3) is 0 Å². The molecule has 0 spiro atoms. The minimum atomic E-state index is -0.403. The van der Waals surface area contributed by atoms with Gasteiger partial charge >= 0.3 is 0 Å². The van der Waals surface area contributed by atoms with Gasteiger partial charge in [-0.2, -0.15) is 0 Å². The zero-order valence-electron chi connectivity index (χ0n) is 10.5. The molecule has 0 aliphatic heterocycles. The Morgan fingerprint density at radius 1 is 1.56 bits per heavy atom. The largest absolute Gasteiger partial charge is 0.396 e. The maximum Gasteiger partial charge on any atom is 0.272 e. The van der Waals surface area contributed by atoms with Gasteiger partial charge in [0.1, 0.15) is 0 Å². The fourth-order valence-electron chi connectivity index (χ4n) is 1.74. The van der Waals surface area contributed by atoms with Crippen molar-refractivity contribution in [1.29, 1.82) is 0 Å². The molecule has 1 aromatic carbocycles. The normalized spacial score (nSPS) is 12.2. The van der Waals surface area contributed by atoms with Gasteiger partial charge in [-0.1, -0.05) is 0 Å². The molecule has 0 aromatic heterocycles. The number of anilines is 1. The molecule has 0 saturated heterocycles. The van der Waals surface area contributed by atoms with Crippen LogP contribution >= 0.6 is 0 Å². The average molecular weight is 254 g/mol. The van der Waals surface area contributed by atoms with E-state index in [2.05, 4.69) is 5.32 Å². The lowest BCUT2D eigenvalue weighted by Crippen LogP contribution is -2.26. The van der Waals surface area contributed by atoms with Gasteiger partial charge < -0.3 is 15.2 Å². The van der Waals surface area contributed by atoms with Crippen molar-refractivity contribution in [3.8, 4) is 0 Å². The van der Waals surface area contributed by atoms with E-state index in [-0.39, 0.29) is 18.3 Å². The molecule has 1 aromatic rings. The number of aliphatic hydroxyl groups is 1. The predicted molar refractivity (Wildman–Crippen MR) is 68.8 cm³/mol. The van der Waals surface area contributed by atoms with Crippen LogP contribution < -0.4 is 5.32 Å². The number of nitrogens with zero attached hydrogens (tertiary/aromatic N) is 1. The third-order valence-corrected chi connectivity index (χ3v) is 2.61. The first kappa shape index (κ1) is 14.4. The summed E-state index contributed by atoms with van der Waals surface area (Å²) in [5.74, 6) is 0. The third kappa shape index (κ3) is 3.97. The van der Waals surface area contributed by atoms with Gasteiger partial charge in [-0.05, 0) is 25.5 Å². The summed E-state index contributed by atoms with van der Waals surface area (Å²) in [4.78, 5) is 10.3. The number of aliphatic hydroxyl groups excluding tert-OH is 1. The van der Waals surface area contributed by atoms with Gasteiger partial charge in [0, 0.05) is 31.0 Å². The number of aryl methyl sites for hydroxylation is 1. The van der Waals surface area contributed by atoms with Gasteiger partial charge in [0.15, 0.2) is 0 Å². The lowest BCUT2D eigenvalue weighted by Gasteiger charge is -2.18. The molecule has 6 nitrogen and oxygen atoms in total. The molecule has 1 atom stereocenters. The lowest BCUT2D eigenvalue weighted by molar-refractivity contribution is -0.385. The van der Waals surface area contributed by atoms with E-state index in [0.29, 0.717) is 18.6 Å². The molecule has 0 fully saturated rings. The van der Waals surface area contributed by atoms with Crippen molar-refractivity contribution in [1.82, 2.24) is 0 Å². The minimum absolute atomic E-state index is 0.0131. The van der Waals surface area contributed by atoms with Crippen LogP contribution in [-0.4, -0.2) is 36.4 Å². The van der Waals surface area contributed by atoms with Crippen molar-refractivity contribution >= 4 is 11.4 Å². The molecule has 0 saturated carbocycles. The summed E-state index contributed by atoms with van der Waals surface area (Å²) in [6.07, 6.45) is 0.559. The van der Waals surface area contributed by atoms with Crippen molar-refractivity contribution in [3.63, 3.8) is 0 Å². The molecule has 1 rings (SSSR count). The molecule has 100 valence electrons. The SMILES string of the molecule is COCC(CCO)Nc1ccc([N+](=O)[O-])c(C)c1. The van der Waals surface area contributed by atoms with E-state index in [0.717, 1.165) is 5.69 Å². The van der Waals surface area contributed by atoms with E-state index in [4.69, 9.17) is 9.84 Å². The Morgan fingerprint density at radius 2 is 2.28 bits per heavy atom. The summed E-state index contributed by atoms with van der Waals surface area (Å²) in [6.45, 7) is 2.23. The summed E-state index contributed by atoms with van der Waals surface area (Å²) < 4.78 is 5.04. The van der Waals surface area contributed by atoms with Gasteiger partial charge in [0.2, 0.25) is 0 Å². The van der Waals surface area contributed by atoms with Crippen LogP contribution in [0.5, 0.6) is 0 Å². The van der Waals surface area contributed by atoms with Crippen molar-refractivity contribution in [2.24, 2.45) is 0 Å². The van der Waals surface area contributed by atoms with Gasteiger partial charge in [0.25, 0.3) is 5.69 Å².